The molecule has 0 bridgehead atoms. The van der Waals surface area contributed by atoms with Gasteiger partial charge in [0.25, 0.3) is 0 Å². The zero-order valence-electron chi connectivity index (χ0n) is 48.8. The SMILES string of the molecule is CC/C=C\C/C=C\C/C=C\CCCCCC(=O)OCC(COC(=O)CCCCCCCCCCCCCCCCC/C=C\C/C=C\CCCCCCC)OC(=O)CCCCCCC/C=C\C/C=C\CCCCCC. The highest BCUT2D eigenvalue weighted by Gasteiger charge is 2.19. The Morgan fingerprint density at radius 1 is 0.284 bits per heavy atom. The van der Waals surface area contributed by atoms with Crippen LogP contribution in [-0.4, -0.2) is 37.2 Å². The monoisotopic (exact) mass is 1030 g/mol. The van der Waals surface area contributed by atoms with Crippen molar-refractivity contribution in [2.75, 3.05) is 13.2 Å². The fourth-order valence-electron chi connectivity index (χ4n) is 8.87. The average molecular weight is 1030 g/mol. The Hall–Kier alpha value is -3.41. The predicted molar refractivity (Wildman–Crippen MR) is 321 cm³/mol. The van der Waals surface area contributed by atoms with Crippen LogP contribution in [0.15, 0.2) is 85.1 Å². The van der Waals surface area contributed by atoms with Crippen LogP contribution in [0.1, 0.15) is 310 Å². The van der Waals surface area contributed by atoms with Gasteiger partial charge in [-0.25, -0.2) is 0 Å². The van der Waals surface area contributed by atoms with Crippen molar-refractivity contribution in [3.63, 3.8) is 0 Å². The normalized spacial score (nSPS) is 12.6. The maximum Gasteiger partial charge on any atom is 0.306 e. The fraction of sp³-hybridized carbons (Fsp3) is 0.750. The van der Waals surface area contributed by atoms with Gasteiger partial charge in [-0.3, -0.25) is 14.4 Å². The van der Waals surface area contributed by atoms with Crippen LogP contribution in [0.25, 0.3) is 0 Å². The number of carbonyl (C=O) groups excluding carboxylic acids is 3. The van der Waals surface area contributed by atoms with E-state index < -0.39 is 6.10 Å². The number of allylic oxidation sites excluding steroid dienone is 14. The molecule has 0 spiro atoms. The average Bonchev–Trinajstić information content (AvgIpc) is 3.40. The summed E-state index contributed by atoms with van der Waals surface area (Å²) >= 11 is 0. The Morgan fingerprint density at radius 3 is 0.851 bits per heavy atom. The molecule has 1 atom stereocenters. The van der Waals surface area contributed by atoms with Gasteiger partial charge >= 0.3 is 17.9 Å². The van der Waals surface area contributed by atoms with E-state index in [2.05, 4.69) is 106 Å². The number of hydrogen-bond acceptors (Lipinski definition) is 6. The zero-order valence-corrected chi connectivity index (χ0v) is 48.8. The van der Waals surface area contributed by atoms with E-state index in [1.807, 2.05) is 0 Å². The van der Waals surface area contributed by atoms with Gasteiger partial charge in [-0.1, -0.05) is 260 Å². The van der Waals surface area contributed by atoms with Crippen LogP contribution >= 0.6 is 0 Å². The molecule has 0 aromatic carbocycles. The van der Waals surface area contributed by atoms with Crippen molar-refractivity contribution >= 4 is 17.9 Å². The smallest absolute Gasteiger partial charge is 0.306 e. The largest absolute Gasteiger partial charge is 0.462 e. The van der Waals surface area contributed by atoms with Crippen molar-refractivity contribution in [3.8, 4) is 0 Å². The highest BCUT2D eigenvalue weighted by Crippen LogP contribution is 2.16. The number of unbranched alkanes of at least 4 members (excludes halogenated alkanes) is 32. The molecule has 0 aromatic heterocycles. The van der Waals surface area contributed by atoms with Gasteiger partial charge in [-0.15, -0.1) is 0 Å². The molecule has 0 aromatic rings. The molecular formula is C68H118O6. The molecule has 0 heterocycles. The molecule has 0 N–H and O–H groups in total. The van der Waals surface area contributed by atoms with Crippen LogP contribution in [0.3, 0.4) is 0 Å². The Kier molecular flexibility index (Phi) is 59.3. The van der Waals surface area contributed by atoms with E-state index in [1.165, 1.54) is 154 Å². The van der Waals surface area contributed by atoms with Gasteiger partial charge in [0.05, 0.1) is 0 Å². The highest BCUT2D eigenvalue weighted by atomic mass is 16.6. The molecule has 0 aliphatic heterocycles. The van der Waals surface area contributed by atoms with Crippen LogP contribution in [0.2, 0.25) is 0 Å². The van der Waals surface area contributed by atoms with Crippen molar-refractivity contribution in [3.05, 3.63) is 85.1 Å². The molecule has 0 fully saturated rings. The van der Waals surface area contributed by atoms with Gasteiger partial charge in [0.1, 0.15) is 13.2 Å². The molecule has 6 heteroatoms. The van der Waals surface area contributed by atoms with Gasteiger partial charge in [-0.05, 0) is 116 Å². The lowest BCUT2D eigenvalue weighted by Gasteiger charge is -2.18. The molecule has 74 heavy (non-hydrogen) atoms. The van der Waals surface area contributed by atoms with Gasteiger partial charge in [0.2, 0.25) is 0 Å². The summed E-state index contributed by atoms with van der Waals surface area (Å²) in [5.41, 5.74) is 0. The molecule has 0 saturated heterocycles. The van der Waals surface area contributed by atoms with Gasteiger partial charge < -0.3 is 14.2 Å². The molecule has 6 nitrogen and oxygen atoms in total. The van der Waals surface area contributed by atoms with Crippen LogP contribution in [0.4, 0.5) is 0 Å². The summed E-state index contributed by atoms with van der Waals surface area (Å²) in [7, 11) is 0. The first kappa shape index (κ1) is 70.6. The van der Waals surface area contributed by atoms with Crippen LogP contribution in [0.5, 0.6) is 0 Å². The topological polar surface area (TPSA) is 78.9 Å². The third-order valence-corrected chi connectivity index (χ3v) is 13.6. The van der Waals surface area contributed by atoms with Crippen molar-refractivity contribution in [2.45, 2.75) is 316 Å². The maximum absolute atomic E-state index is 12.9. The number of rotatable bonds is 57. The Morgan fingerprint density at radius 2 is 0.527 bits per heavy atom. The summed E-state index contributed by atoms with van der Waals surface area (Å²) in [5.74, 6) is -0.926. The van der Waals surface area contributed by atoms with Crippen LogP contribution in [-0.2, 0) is 28.6 Å². The summed E-state index contributed by atoms with van der Waals surface area (Å²) < 4.78 is 16.9. The standard InChI is InChI=1S/C68H118O6/c1-4-7-10-13-16-19-22-25-27-29-30-31-32-33-34-35-36-37-38-39-41-43-46-49-52-55-58-61-67(70)73-64-65(63-72-66(69)60-57-54-51-48-45-42-24-21-18-15-12-9-6-3)74-68(71)62-59-56-53-50-47-44-40-28-26-23-20-17-14-11-8-5-2/h9,12,18,20-23,25,28-30,40,42,45,65H,4-8,10-11,13-17,19,24,26-27,31-39,41,43-44,46-64H2,1-3H3/b12-9-,21-18-,23-20-,25-22-,30-29-,40-28-,45-42-. The molecule has 0 amide bonds. The summed E-state index contributed by atoms with van der Waals surface area (Å²) in [5, 5.41) is 0. The molecular weight excluding hydrogens is 913 g/mol. The van der Waals surface area contributed by atoms with E-state index in [9.17, 15) is 14.4 Å². The molecule has 426 valence electrons. The minimum Gasteiger partial charge on any atom is -0.462 e. The number of ether oxygens (including phenoxy) is 3. The summed E-state index contributed by atoms with van der Waals surface area (Å²) in [4.78, 5) is 38.2. The van der Waals surface area contributed by atoms with Gasteiger partial charge in [0, 0.05) is 19.3 Å². The lowest BCUT2D eigenvalue weighted by Crippen LogP contribution is -2.30. The minimum absolute atomic E-state index is 0.0905. The van der Waals surface area contributed by atoms with Crippen molar-refractivity contribution < 1.29 is 28.6 Å². The summed E-state index contributed by atoms with van der Waals surface area (Å²) in [6.45, 7) is 6.48. The second-order valence-corrected chi connectivity index (χ2v) is 20.9. The first-order valence-electron chi connectivity index (χ1n) is 31.6. The van der Waals surface area contributed by atoms with Gasteiger partial charge in [-0.2, -0.15) is 0 Å². The molecule has 0 rings (SSSR count). The number of carbonyl (C=O) groups is 3. The minimum atomic E-state index is -0.796. The number of esters is 3. The van der Waals surface area contributed by atoms with Gasteiger partial charge in [0.15, 0.2) is 6.10 Å². The van der Waals surface area contributed by atoms with E-state index >= 15 is 0 Å². The molecule has 0 aliphatic rings. The molecule has 0 radical (unpaired) electrons. The van der Waals surface area contributed by atoms with Crippen molar-refractivity contribution in [1.29, 1.82) is 0 Å². The summed E-state index contributed by atoms with van der Waals surface area (Å²) in [6.07, 6.45) is 81.7. The molecule has 0 aliphatic carbocycles. The van der Waals surface area contributed by atoms with E-state index in [1.54, 1.807) is 0 Å². The third kappa shape index (κ3) is 59.5. The second kappa shape index (κ2) is 62.1. The van der Waals surface area contributed by atoms with E-state index in [0.717, 1.165) is 116 Å². The lowest BCUT2D eigenvalue weighted by molar-refractivity contribution is -0.167. The lowest BCUT2D eigenvalue weighted by atomic mass is 10.0. The summed E-state index contributed by atoms with van der Waals surface area (Å²) in [6, 6.07) is 0. The van der Waals surface area contributed by atoms with Crippen LogP contribution in [0, 0.1) is 0 Å². The number of hydrogen-bond donors (Lipinski definition) is 0. The Bertz CT molecular complexity index is 1420. The zero-order chi connectivity index (χ0) is 53.6. The fourth-order valence-corrected chi connectivity index (χ4v) is 8.87. The first-order valence-corrected chi connectivity index (χ1v) is 31.6. The van der Waals surface area contributed by atoms with E-state index in [-0.39, 0.29) is 31.1 Å². The van der Waals surface area contributed by atoms with E-state index in [0.29, 0.717) is 19.3 Å². The third-order valence-electron chi connectivity index (χ3n) is 13.6. The molecule has 0 saturated carbocycles. The molecule has 1 unspecified atom stereocenters. The Balaban J connectivity index is 4.27. The van der Waals surface area contributed by atoms with E-state index in [4.69, 9.17) is 14.2 Å². The van der Waals surface area contributed by atoms with Crippen LogP contribution < -0.4 is 0 Å². The second-order valence-electron chi connectivity index (χ2n) is 20.9. The van der Waals surface area contributed by atoms with Crippen molar-refractivity contribution in [1.82, 2.24) is 0 Å². The van der Waals surface area contributed by atoms with Crippen molar-refractivity contribution in [2.24, 2.45) is 0 Å². The quantitative estimate of drug-likeness (QED) is 0.0261. The predicted octanol–water partition coefficient (Wildman–Crippen LogP) is 21.5. The Labute approximate surface area is 458 Å². The highest BCUT2D eigenvalue weighted by molar-refractivity contribution is 5.71. The maximum atomic E-state index is 12.9. The first-order chi connectivity index (χ1) is 36.5.